The largest absolute Gasteiger partial charge is 0.338 e. The van der Waals surface area contributed by atoms with E-state index in [1.165, 1.54) is 0 Å². The van der Waals surface area contributed by atoms with Gasteiger partial charge >= 0.3 is 6.03 Å². The lowest BCUT2D eigenvalue weighted by atomic mass is 10.1. The number of aromatic nitrogens is 2. The molecule has 1 heterocycles. The van der Waals surface area contributed by atoms with Crippen LogP contribution in [0.25, 0.3) is 11.4 Å². The molecule has 116 valence electrons. The minimum atomic E-state index is -0.183. The summed E-state index contributed by atoms with van der Waals surface area (Å²) in [5.41, 5.74) is 2.02. The van der Waals surface area contributed by atoms with Crippen molar-refractivity contribution < 1.29 is 9.32 Å². The first-order valence-corrected chi connectivity index (χ1v) is 7.17. The van der Waals surface area contributed by atoms with Crippen LogP contribution in [0.4, 0.5) is 4.79 Å². The number of nitrogens with zero attached hydrogens (tertiary/aromatic N) is 3. The van der Waals surface area contributed by atoms with E-state index in [9.17, 15) is 4.79 Å². The second-order valence-electron chi connectivity index (χ2n) is 4.89. The minimum Gasteiger partial charge on any atom is -0.338 e. The normalized spacial score (nSPS) is 10.3. The van der Waals surface area contributed by atoms with Crippen molar-refractivity contribution in [1.82, 2.24) is 20.4 Å². The van der Waals surface area contributed by atoms with Gasteiger partial charge < -0.3 is 14.7 Å². The summed E-state index contributed by atoms with van der Waals surface area (Å²) in [5.74, 6) is 0.915. The Bertz CT molecular complexity index is 651. The van der Waals surface area contributed by atoms with Crippen LogP contribution in [0.2, 0.25) is 0 Å². The third-order valence-corrected chi connectivity index (χ3v) is 3.04. The van der Waals surface area contributed by atoms with Crippen LogP contribution in [0.15, 0.2) is 41.4 Å². The molecule has 6 heteroatoms. The number of aryl methyl sites for hydroxylation is 1. The smallest absolute Gasteiger partial charge is 0.318 e. The van der Waals surface area contributed by atoms with Crippen LogP contribution in [0, 0.1) is 6.92 Å². The van der Waals surface area contributed by atoms with Crippen LogP contribution >= 0.6 is 0 Å². The molecule has 1 N–H and O–H groups in total. The van der Waals surface area contributed by atoms with E-state index in [0.29, 0.717) is 24.8 Å². The molecule has 1 aromatic carbocycles. The predicted molar refractivity (Wildman–Crippen MR) is 84.2 cm³/mol. The van der Waals surface area contributed by atoms with E-state index in [0.717, 1.165) is 11.1 Å². The van der Waals surface area contributed by atoms with Crippen molar-refractivity contribution in [2.24, 2.45) is 0 Å². The third-order valence-electron chi connectivity index (χ3n) is 3.04. The molecule has 0 bridgehead atoms. The fourth-order valence-electron chi connectivity index (χ4n) is 2.02. The van der Waals surface area contributed by atoms with E-state index in [2.05, 4.69) is 22.0 Å². The highest BCUT2D eigenvalue weighted by Gasteiger charge is 2.16. The summed E-state index contributed by atoms with van der Waals surface area (Å²) in [6.45, 7) is 8.75. The Kier molecular flexibility index (Phi) is 5.30. The number of amides is 2. The average Bonchev–Trinajstić information content (AvgIpc) is 2.96. The number of benzene rings is 1. The Morgan fingerprint density at radius 2 is 2.32 bits per heavy atom. The molecule has 0 radical (unpaired) electrons. The highest BCUT2D eigenvalue weighted by molar-refractivity contribution is 5.74. The van der Waals surface area contributed by atoms with Crippen molar-refractivity contribution in [3.05, 3.63) is 48.4 Å². The fraction of sp³-hybridized carbons (Fsp3) is 0.312. The number of nitrogens with one attached hydrogen (secondary N) is 1. The van der Waals surface area contributed by atoms with Gasteiger partial charge in [0.1, 0.15) is 6.54 Å². The van der Waals surface area contributed by atoms with Gasteiger partial charge in [0.15, 0.2) is 0 Å². The Labute approximate surface area is 129 Å². The maximum atomic E-state index is 11.9. The molecule has 0 aliphatic carbocycles. The Balaban J connectivity index is 2.13. The van der Waals surface area contributed by atoms with Gasteiger partial charge in [-0.1, -0.05) is 35.0 Å². The van der Waals surface area contributed by atoms with Gasteiger partial charge in [-0.2, -0.15) is 4.98 Å². The summed E-state index contributed by atoms with van der Waals surface area (Å²) in [6, 6.07) is 7.68. The van der Waals surface area contributed by atoms with E-state index in [-0.39, 0.29) is 12.6 Å². The molecule has 2 amide bonds. The van der Waals surface area contributed by atoms with Crippen LogP contribution in [-0.4, -0.2) is 34.2 Å². The summed E-state index contributed by atoms with van der Waals surface area (Å²) in [5, 5.41) is 6.72. The summed E-state index contributed by atoms with van der Waals surface area (Å²) < 4.78 is 5.25. The van der Waals surface area contributed by atoms with Crippen LogP contribution in [0.1, 0.15) is 18.4 Å². The average molecular weight is 300 g/mol. The monoisotopic (exact) mass is 300 g/mol. The molecule has 1 aromatic heterocycles. The van der Waals surface area contributed by atoms with E-state index in [4.69, 9.17) is 4.52 Å². The number of urea groups is 1. The van der Waals surface area contributed by atoms with Gasteiger partial charge in [-0.15, -0.1) is 6.58 Å². The van der Waals surface area contributed by atoms with Crippen molar-refractivity contribution in [3.8, 4) is 11.4 Å². The zero-order valence-corrected chi connectivity index (χ0v) is 12.9. The first-order valence-electron chi connectivity index (χ1n) is 7.17. The summed E-state index contributed by atoms with van der Waals surface area (Å²) in [4.78, 5) is 17.8. The van der Waals surface area contributed by atoms with Crippen LogP contribution in [0.3, 0.4) is 0 Å². The third kappa shape index (κ3) is 3.94. The van der Waals surface area contributed by atoms with Crippen molar-refractivity contribution in [2.75, 3.05) is 13.1 Å². The van der Waals surface area contributed by atoms with E-state index < -0.39 is 0 Å². The molecule has 0 fully saturated rings. The molecule has 0 aliphatic heterocycles. The molecule has 0 atom stereocenters. The molecule has 22 heavy (non-hydrogen) atoms. The maximum absolute atomic E-state index is 11.9. The topological polar surface area (TPSA) is 71.3 Å². The van der Waals surface area contributed by atoms with Crippen molar-refractivity contribution in [3.63, 3.8) is 0 Å². The van der Waals surface area contributed by atoms with Gasteiger partial charge in [0.2, 0.25) is 11.7 Å². The fourth-order valence-corrected chi connectivity index (χ4v) is 2.02. The van der Waals surface area contributed by atoms with E-state index in [1.54, 1.807) is 11.0 Å². The summed E-state index contributed by atoms with van der Waals surface area (Å²) in [6.07, 6.45) is 1.66. The lowest BCUT2D eigenvalue weighted by Crippen LogP contribution is -2.39. The highest BCUT2D eigenvalue weighted by Crippen LogP contribution is 2.17. The lowest BCUT2D eigenvalue weighted by Gasteiger charge is -2.18. The maximum Gasteiger partial charge on any atom is 0.318 e. The van der Waals surface area contributed by atoms with Crippen LogP contribution in [0.5, 0.6) is 0 Å². The minimum absolute atomic E-state index is 0.183. The van der Waals surface area contributed by atoms with Crippen molar-refractivity contribution >= 4 is 6.03 Å². The first kappa shape index (κ1) is 15.8. The molecule has 0 saturated heterocycles. The SMILES string of the molecule is C=CCN(Cc1nc(-c2cccc(C)c2)no1)C(=O)NCC. The molecule has 2 aromatic rings. The molecule has 6 nitrogen and oxygen atoms in total. The molecule has 0 saturated carbocycles. The zero-order chi connectivity index (χ0) is 15.9. The van der Waals surface area contributed by atoms with Crippen molar-refractivity contribution in [1.29, 1.82) is 0 Å². The second kappa shape index (κ2) is 7.40. The number of hydrogen-bond acceptors (Lipinski definition) is 4. The number of carbonyl (C=O) groups excluding carboxylic acids is 1. The van der Waals surface area contributed by atoms with E-state index in [1.807, 2.05) is 38.1 Å². The van der Waals surface area contributed by atoms with Crippen LogP contribution in [-0.2, 0) is 6.54 Å². The zero-order valence-electron chi connectivity index (χ0n) is 12.9. The Morgan fingerprint density at radius 1 is 1.50 bits per heavy atom. The molecular formula is C16H20N4O2. The van der Waals surface area contributed by atoms with Crippen molar-refractivity contribution in [2.45, 2.75) is 20.4 Å². The molecule has 0 unspecified atom stereocenters. The number of hydrogen-bond donors (Lipinski definition) is 1. The van der Waals surface area contributed by atoms with Gasteiger partial charge in [-0.3, -0.25) is 0 Å². The van der Waals surface area contributed by atoms with Gasteiger partial charge in [0.25, 0.3) is 0 Å². The lowest BCUT2D eigenvalue weighted by molar-refractivity contribution is 0.193. The van der Waals surface area contributed by atoms with Gasteiger partial charge in [0.05, 0.1) is 0 Å². The van der Waals surface area contributed by atoms with Gasteiger partial charge in [-0.25, -0.2) is 4.79 Å². The first-order chi connectivity index (χ1) is 10.6. The summed E-state index contributed by atoms with van der Waals surface area (Å²) in [7, 11) is 0. The molecular weight excluding hydrogens is 280 g/mol. The van der Waals surface area contributed by atoms with Crippen LogP contribution < -0.4 is 5.32 Å². The molecule has 2 rings (SSSR count). The Hall–Kier alpha value is -2.63. The van der Waals surface area contributed by atoms with Gasteiger partial charge in [-0.05, 0) is 19.9 Å². The summed E-state index contributed by atoms with van der Waals surface area (Å²) >= 11 is 0. The number of rotatable bonds is 6. The van der Waals surface area contributed by atoms with Gasteiger partial charge in [0, 0.05) is 18.7 Å². The quantitative estimate of drug-likeness (QED) is 0.833. The highest BCUT2D eigenvalue weighted by atomic mass is 16.5. The molecule has 0 spiro atoms. The Morgan fingerprint density at radius 3 is 3.00 bits per heavy atom. The second-order valence-corrected chi connectivity index (χ2v) is 4.89. The standard InChI is InChI=1S/C16H20N4O2/c1-4-9-20(16(21)17-5-2)11-14-18-15(19-22-14)13-8-6-7-12(3)10-13/h4,6-8,10H,1,5,9,11H2,2-3H3,(H,17,21). The van der Waals surface area contributed by atoms with E-state index >= 15 is 0 Å². The predicted octanol–water partition coefficient (Wildman–Crippen LogP) is 2.76. The number of carbonyl (C=O) groups is 1. The molecule has 0 aliphatic rings.